The Balaban J connectivity index is 1.78. The van der Waals surface area contributed by atoms with Gasteiger partial charge in [-0.05, 0) is 59.0 Å². The Morgan fingerprint density at radius 3 is 2.54 bits per heavy atom. The highest BCUT2D eigenvalue weighted by atomic mass is 16.4. The number of rotatable bonds is 2. The number of aryl methyl sites for hydroxylation is 1. The highest BCUT2D eigenvalue weighted by Gasteiger charge is 2.20. The van der Waals surface area contributed by atoms with E-state index in [9.17, 15) is 14.7 Å². The number of carbonyl (C=O) groups excluding carboxylic acids is 1. The lowest BCUT2D eigenvalue weighted by atomic mass is 9.95. The zero-order chi connectivity index (χ0) is 18.3. The number of anilines is 1. The zero-order valence-corrected chi connectivity index (χ0v) is 14.2. The van der Waals surface area contributed by atoms with E-state index in [4.69, 9.17) is 0 Å². The van der Waals surface area contributed by atoms with Gasteiger partial charge < -0.3 is 10.4 Å². The Hall–Kier alpha value is -3.40. The molecule has 0 aromatic heterocycles. The molecule has 26 heavy (non-hydrogen) atoms. The van der Waals surface area contributed by atoms with E-state index in [2.05, 4.69) is 5.32 Å². The van der Waals surface area contributed by atoms with Gasteiger partial charge in [-0.2, -0.15) is 0 Å². The normalized spacial score (nSPS) is 12.6. The van der Waals surface area contributed by atoms with Crippen molar-refractivity contribution in [2.24, 2.45) is 0 Å². The number of nitrogens with one attached hydrogen (secondary N) is 1. The molecule has 4 rings (SSSR count). The average Bonchev–Trinajstić information content (AvgIpc) is 2.77. The molecule has 0 bridgehead atoms. The van der Waals surface area contributed by atoms with E-state index in [1.807, 2.05) is 49.4 Å². The van der Waals surface area contributed by atoms with Crippen molar-refractivity contribution < 1.29 is 14.7 Å². The van der Waals surface area contributed by atoms with E-state index in [1.165, 1.54) is 0 Å². The van der Waals surface area contributed by atoms with E-state index in [0.29, 0.717) is 12.0 Å². The van der Waals surface area contributed by atoms with E-state index in [1.54, 1.807) is 18.2 Å². The topological polar surface area (TPSA) is 66.4 Å². The maximum absolute atomic E-state index is 12.7. The maximum atomic E-state index is 12.7. The number of carboxylic acid groups (broad SMARTS) is 1. The molecule has 1 aliphatic heterocycles. The molecule has 0 saturated carbocycles. The zero-order valence-electron chi connectivity index (χ0n) is 14.2. The van der Waals surface area contributed by atoms with Crippen molar-refractivity contribution >= 4 is 17.6 Å². The number of carbonyl (C=O) groups is 2. The third kappa shape index (κ3) is 2.86. The Morgan fingerprint density at radius 1 is 0.962 bits per heavy atom. The Bertz CT molecular complexity index is 1050. The number of benzene rings is 3. The van der Waals surface area contributed by atoms with Crippen LogP contribution in [0, 0.1) is 6.92 Å². The van der Waals surface area contributed by atoms with Crippen molar-refractivity contribution in [3.05, 3.63) is 88.5 Å². The second kappa shape index (κ2) is 6.15. The molecule has 0 spiro atoms. The molecule has 1 amide bonds. The van der Waals surface area contributed by atoms with Crippen molar-refractivity contribution in [2.75, 3.05) is 5.32 Å². The predicted octanol–water partition coefficient (Wildman–Crippen LogP) is 4.52. The SMILES string of the molecule is Cc1ccc2c(c1)NC(=O)c1cc(-c3cccc(C(=O)O)c3)ccc1C2. The van der Waals surface area contributed by atoms with Gasteiger partial charge in [0.15, 0.2) is 0 Å². The van der Waals surface area contributed by atoms with Crippen LogP contribution in [0.2, 0.25) is 0 Å². The van der Waals surface area contributed by atoms with E-state index < -0.39 is 5.97 Å². The van der Waals surface area contributed by atoms with Crippen molar-refractivity contribution in [3.63, 3.8) is 0 Å². The molecule has 2 N–H and O–H groups in total. The van der Waals surface area contributed by atoms with Crippen LogP contribution in [0.4, 0.5) is 5.69 Å². The van der Waals surface area contributed by atoms with Crippen LogP contribution < -0.4 is 5.32 Å². The summed E-state index contributed by atoms with van der Waals surface area (Å²) in [6, 6.07) is 18.5. The van der Waals surface area contributed by atoms with E-state index in [-0.39, 0.29) is 11.5 Å². The molecule has 4 nitrogen and oxygen atoms in total. The average molecular weight is 343 g/mol. The number of hydrogen-bond acceptors (Lipinski definition) is 2. The van der Waals surface area contributed by atoms with Crippen molar-refractivity contribution in [2.45, 2.75) is 13.3 Å². The molecule has 4 heteroatoms. The molecule has 0 radical (unpaired) electrons. The fourth-order valence-corrected chi connectivity index (χ4v) is 3.31. The van der Waals surface area contributed by atoms with Gasteiger partial charge in [-0.1, -0.05) is 36.4 Å². The second-order valence-electron chi connectivity index (χ2n) is 6.55. The molecule has 0 aliphatic carbocycles. The van der Waals surface area contributed by atoms with Gasteiger partial charge in [0.05, 0.1) is 5.56 Å². The van der Waals surface area contributed by atoms with Gasteiger partial charge in [-0.15, -0.1) is 0 Å². The molecule has 3 aromatic rings. The summed E-state index contributed by atoms with van der Waals surface area (Å²) in [5, 5.41) is 12.2. The van der Waals surface area contributed by atoms with Crippen LogP contribution in [0.5, 0.6) is 0 Å². The first-order chi connectivity index (χ1) is 12.5. The molecule has 0 saturated heterocycles. The standard InChI is InChI=1S/C22H17NO3/c1-13-5-6-17-11-16-8-7-15(12-19(16)21(24)23-20(17)9-13)14-3-2-4-18(10-14)22(25)26/h2-10,12H,11H2,1H3,(H,23,24)(H,25,26). The first-order valence-electron chi connectivity index (χ1n) is 8.39. The highest BCUT2D eigenvalue weighted by molar-refractivity contribution is 6.07. The van der Waals surface area contributed by atoms with Crippen LogP contribution in [0.1, 0.15) is 37.4 Å². The van der Waals surface area contributed by atoms with E-state index >= 15 is 0 Å². The monoisotopic (exact) mass is 343 g/mol. The van der Waals surface area contributed by atoms with Gasteiger partial charge in [-0.3, -0.25) is 4.79 Å². The van der Waals surface area contributed by atoms with Gasteiger partial charge >= 0.3 is 5.97 Å². The van der Waals surface area contributed by atoms with Gasteiger partial charge in [-0.25, -0.2) is 4.79 Å². The maximum Gasteiger partial charge on any atom is 0.335 e. The summed E-state index contributed by atoms with van der Waals surface area (Å²) in [4.78, 5) is 23.9. The quantitative estimate of drug-likeness (QED) is 0.719. The summed E-state index contributed by atoms with van der Waals surface area (Å²) in [6.45, 7) is 2.00. The molecular formula is C22H17NO3. The lowest BCUT2D eigenvalue weighted by Crippen LogP contribution is -2.12. The van der Waals surface area contributed by atoms with Gasteiger partial charge in [0, 0.05) is 17.7 Å². The Morgan fingerprint density at radius 2 is 1.73 bits per heavy atom. The number of fused-ring (bicyclic) bond motifs is 2. The predicted molar refractivity (Wildman–Crippen MR) is 101 cm³/mol. The first-order valence-corrected chi connectivity index (χ1v) is 8.39. The van der Waals surface area contributed by atoms with Crippen LogP contribution in [-0.2, 0) is 6.42 Å². The molecule has 1 heterocycles. The summed E-state index contributed by atoms with van der Waals surface area (Å²) < 4.78 is 0. The smallest absolute Gasteiger partial charge is 0.335 e. The highest BCUT2D eigenvalue weighted by Crippen LogP contribution is 2.30. The summed E-state index contributed by atoms with van der Waals surface area (Å²) >= 11 is 0. The first kappa shape index (κ1) is 16.1. The van der Waals surface area contributed by atoms with Crippen LogP contribution in [0.25, 0.3) is 11.1 Å². The van der Waals surface area contributed by atoms with Crippen LogP contribution >= 0.6 is 0 Å². The molecule has 0 atom stereocenters. The molecule has 0 fully saturated rings. The second-order valence-corrected chi connectivity index (χ2v) is 6.55. The lowest BCUT2D eigenvalue weighted by Gasteiger charge is -2.09. The van der Waals surface area contributed by atoms with Crippen LogP contribution in [0.3, 0.4) is 0 Å². The third-order valence-corrected chi connectivity index (χ3v) is 4.69. The Kier molecular flexibility index (Phi) is 3.81. The number of amides is 1. The summed E-state index contributed by atoms with van der Waals surface area (Å²) in [6.07, 6.45) is 0.680. The lowest BCUT2D eigenvalue weighted by molar-refractivity contribution is 0.0696. The summed E-state index contributed by atoms with van der Waals surface area (Å²) in [7, 11) is 0. The van der Waals surface area contributed by atoms with Crippen molar-refractivity contribution in [3.8, 4) is 11.1 Å². The van der Waals surface area contributed by atoms with Crippen LogP contribution in [0.15, 0.2) is 60.7 Å². The Labute approximate surface area is 151 Å². The third-order valence-electron chi connectivity index (χ3n) is 4.69. The largest absolute Gasteiger partial charge is 0.478 e. The fourth-order valence-electron chi connectivity index (χ4n) is 3.31. The molecule has 0 unspecified atom stereocenters. The van der Waals surface area contributed by atoms with Gasteiger partial charge in [0.25, 0.3) is 5.91 Å². The minimum absolute atomic E-state index is 0.138. The summed E-state index contributed by atoms with van der Waals surface area (Å²) in [5.74, 6) is -1.11. The van der Waals surface area contributed by atoms with Crippen molar-refractivity contribution in [1.29, 1.82) is 0 Å². The number of hydrogen-bond donors (Lipinski definition) is 2. The number of aromatic carboxylic acids is 1. The molecule has 128 valence electrons. The fraction of sp³-hybridized carbons (Fsp3) is 0.0909. The minimum atomic E-state index is -0.967. The van der Waals surface area contributed by atoms with Crippen LogP contribution in [-0.4, -0.2) is 17.0 Å². The van der Waals surface area contributed by atoms with Gasteiger partial charge in [0.1, 0.15) is 0 Å². The van der Waals surface area contributed by atoms with E-state index in [0.717, 1.165) is 33.5 Å². The number of carboxylic acids is 1. The minimum Gasteiger partial charge on any atom is -0.478 e. The molecule has 1 aliphatic rings. The van der Waals surface area contributed by atoms with Gasteiger partial charge in [0.2, 0.25) is 0 Å². The molecular weight excluding hydrogens is 326 g/mol. The van der Waals surface area contributed by atoms with Crippen molar-refractivity contribution in [1.82, 2.24) is 0 Å². The summed E-state index contributed by atoms with van der Waals surface area (Å²) in [5.41, 5.74) is 6.44. The molecule has 3 aromatic carbocycles.